The molecule has 0 rings (SSSR count). The van der Waals surface area contributed by atoms with Crippen molar-refractivity contribution in [2.75, 3.05) is 19.6 Å². The lowest BCUT2D eigenvalue weighted by Crippen LogP contribution is -2.47. The Kier molecular flexibility index (Phi) is 5.93. The van der Waals surface area contributed by atoms with Crippen LogP contribution in [-0.4, -0.2) is 53.7 Å². The van der Waals surface area contributed by atoms with Gasteiger partial charge in [0.2, 0.25) is 5.91 Å². The van der Waals surface area contributed by atoms with E-state index < -0.39 is 50.1 Å². The summed E-state index contributed by atoms with van der Waals surface area (Å²) in [6, 6.07) is -1.10. The molecule has 0 fully saturated rings. The Morgan fingerprint density at radius 3 is 2.17 bits per heavy atom. The maximum atomic E-state index is 11.8. The van der Waals surface area contributed by atoms with E-state index in [4.69, 9.17) is 10.8 Å². The third-order valence-corrected chi connectivity index (χ3v) is 1.64. The number of urea groups is 1. The van der Waals surface area contributed by atoms with Crippen LogP contribution in [0, 0.1) is 0 Å². The number of carboxylic acid groups (broad SMARTS) is 1. The lowest BCUT2D eigenvalue weighted by molar-refractivity contribution is -0.138. The second-order valence-corrected chi connectivity index (χ2v) is 3.31. The zero-order chi connectivity index (χ0) is 14.3. The van der Waals surface area contributed by atoms with Gasteiger partial charge in [0.15, 0.2) is 0 Å². The maximum absolute atomic E-state index is 11.8. The van der Waals surface area contributed by atoms with Crippen molar-refractivity contribution in [3.8, 4) is 0 Å². The van der Waals surface area contributed by atoms with Crippen LogP contribution in [0.3, 0.4) is 0 Å². The van der Waals surface area contributed by atoms with E-state index in [0.29, 0.717) is 4.90 Å². The summed E-state index contributed by atoms with van der Waals surface area (Å²) in [7, 11) is 0. The van der Waals surface area contributed by atoms with Gasteiger partial charge in [-0.2, -0.15) is 13.2 Å². The second-order valence-electron chi connectivity index (χ2n) is 3.31. The monoisotopic (exact) mass is 271 g/mol. The average Bonchev–Trinajstić information content (AvgIpc) is 2.12. The van der Waals surface area contributed by atoms with E-state index in [1.54, 1.807) is 0 Å². The van der Waals surface area contributed by atoms with E-state index in [-0.39, 0.29) is 0 Å². The first kappa shape index (κ1) is 16.0. The minimum Gasteiger partial charge on any atom is -0.480 e. The Morgan fingerprint density at radius 2 is 1.78 bits per heavy atom. The van der Waals surface area contributed by atoms with Gasteiger partial charge in [0.05, 0.1) is 6.42 Å². The van der Waals surface area contributed by atoms with Crippen LogP contribution in [0.2, 0.25) is 0 Å². The highest BCUT2D eigenvalue weighted by Crippen LogP contribution is 2.18. The Labute approximate surface area is 99.7 Å². The number of primary amides is 1. The molecule has 0 heterocycles. The molecular formula is C8H12F3N3O4. The normalized spacial score (nSPS) is 10.8. The van der Waals surface area contributed by atoms with Gasteiger partial charge in [0.1, 0.15) is 13.1 Å². The molecule has 0 saturated heterocycles. The van der Waals surface area contributed by atoms with Gasteiger partial charge < -0.3 is 21.1 Å². The van der Waals surface area contributed by atoms with Crippen LogP contribution in [0.25, 0.3) is 0 Å². The topological polar surface area (TPSA) is 113 Å². The van der Waals surface area contributed by atoms with Crippen molar-refractivity contribution in [2.24, 2.45) is 5.73 Å². The first-order valence-electron chi connectivity index (χ1n) is 4.71. The molecule has 10 heteroatoms. The fraction of sp³-hybridized carbons (Fsp3) is 0.625. The summed E-state index contributed by atoms with van der Waals surface area (Å²) in [5.41, 5.74) is 4.77. The van der Waals surface area contributed by atoms with Crippen LogP contribution in [0.4, 0.5) is 18.0 Å². The minimum atomic E-state index is -4.44. The zero-order valence-corrected chi connectivity index (χ0v) is 9.16. The lowest BCUT2D eigenvalue weighted by Gasteiger charge is -2.19. The molecule has 0 radical (unpaired) electrons. The number of nitrogens with zero attached hydrogens (tertiary/aromatic N) is 1. The fourth-order valence-corrected chi connectivity index (χ4v) is 0.974. The van der Waals surface area contributed by atoms with Crippen molar-refractivity contribution in [1.82, 2.24) is 10.2 Å². The standard InChI is InChI=1S/C8H12F3N3O4/c9-8(10,11)1-2-13-7(18)14(3-5(12)15)4-6(16)17/h1-4H2,(H2,12,15)(H,13,18)(H,16,17). The molecular weight excluding hydrogens is 259 g/mol. The van der Waals surface area contributed by atoms with Gasteiger partial charge in [-0.25, -0.2) is 4.79 Å². The molecule has 0 atom stereocenters. The summed E-state index contributed by atoms with van der Waals surface area (Å²) in [5, 5.41) is 10.3. The van der Waals surface area contributed by atoms with Gasteiger partial charge >= 0.3 is 18.2 Å². The minimum absolute atomic E-state index is 0.501. The van der Waals surface area contributed by atoms with E-state index in [0.717, 1.165) is 0 Å². The van der Waals surface area contributed by atoms with Gasteiger partial charge in [-0.3, -0.25) is 9.59 Å². The highest BCUT2D eigenvalue weighted by atomic mass is 19.4. The second kappa shape index (κ2) is 6.67. The van der Waals surface area contributed by atoms with Gasteiger partial charge in [0.25, 0.3) is 0 Å². The van der Waals surface area contributed by atoms with Crippen LogP contribution in [0.1, 0.15) is 6.42 Å². The van der Waals surface area contributed by atoms with E-state index >= 15 is 0 Å². The van der Waals surface area contributed by atoms with Crippen LogP contribution in [0.15, 0.2) is 0 Å². The maximum Gasteiger partial charge on any atom is 0.390 e. The lowest BCUT2D eigenvalue weighted by atomic mass is 10.4. The SMILES string of the molecule is NC(=O)CN(CC(=O)O)C(=O)NCCC(F)(F)F. The van der Waals surface area contributed by atoms with Crippen LogP contribution < -0.4 is 11.1 Å². The molecule has 0 spiro atoms. The molecule has 0 saturated carbocycles. The van der Waals surface area contributed by atoms with Crippen LogP contribution in [0.5, 0.6) is 0 Å². The predicted molar refractivity (Wildman–Crippen MR) is 52.5 cm³/mol. The number of amides is 3. The number of carbonyl (C=O) groups excluding carboxylic acids is 2. The molecule has 7 nitrogen and oxygen atoms in total. The summed E-state index contributed by atoms with van der Waals surface area (Å²) in [5.74, 6) is -2.38. The van der Waals surface area contributed by atoms with E-state index in [2.05, 4.69) is 0 Å². The highest BCUT2D eigenvalue weighted by molar-refractivity contribution is 5.85. The average molecular weight is 271 g/mol. The molecule has 18 heavy (non-hydrogen) atoms. The number of rotatable bonds is 6. The number of hydrogen-bond acceptors (Lipinski definition) is 3. The Morgan fingerprint density at radius 1 is 1.22 bits per heavy atom. The number of nitrogens with one attached hydrogen (secondary N) is 1. The number of carboxylic acids is 1. The molecule has 0 aliphatic carbocycles. The van der Waals surface area contributed by atoms with E-state index in [1.165, 1.54) is 0 Å². The Hall–Kier alpha value is -2.00. The van der Waals surface area contributed by atoms with Crippen LogP contribution in [-0.2, 0) is 9.59 Å². The number of carbonyl (C=O) groups is 3. The molecule has 0 aromatic rings. The van der Waals surface area contributed by atoms with Crippen molar-refractivity contribution in [3.63, 3.8) is 0 Å². The van der Waals surface area contributed by atoms with Crippen molar-refractivity contribution in [3.05, 3.63) is 0 Å². The van der Waals surface area contributed by atoms with Crippen molar-refractivity contribution < 1.29 is 32.7 Å². The molecule has 0 bridgehead atoms. The van der Waals surface area contributed by atoms with Crippen molar-refractivity contribution >= 4 is 17.9 Å². The first-order chi connectivity index (χ1) is 8.11. The molecule has 0 aliphatic rings. The number of nitrogens with two attached hydrogens (primary N) is 1. The molecule has 104 valence electrons. The van der Waals surface area contributed by atoms with Gasteiger partial charge in [-0.15, -0.1) is 0 Å². The summed E-state index contributed by atoms with van der Waals surface area (Å²) in [4.78, 5) is 32.7. The number of halogens is 3. The number of hydrogen-bond donors (Lipinski definition) is 3. The summed E-state index contributed by atoms with van der Waals surface area (Å²) < 4.78 is 35.4. The summed E-state index contributed by atoms with van der Waals surface area (Å²) >= 11 is 0. The van der Waals surface area contributed by atoms with Crippen molar-refractivity contribution in [1.29, 1.82) is 0 Å². The molecule has 0 aliphatic heterocycles. The highest BCUT2D eigenvalue weighted by Gasteiger charge is 2.27. The van der Waals surface area contributed by atoms with E-state index in [1.807, 2.05) is 5.32 Å². The quantitative estimate of drug-likeness (QED) is 0.605. The van der Waals surface area contributed by atoms with Gasteiger partial charge in [-0.05, 0) is 0 Å². The van der Waals surface area contributed by atoms with Gasteiger partial charge in [0, 0.05) is 6.54 Å². The van der Waals surface area contributed by atoms with E-state index in [9.17, 15) is 27.6 Å². The third kappa shape index (κ3) is 8.19. The van der Waals surface area contributed by atoms with Crippen LogP contribution >= 0.6 is 0 Å². The first-order valence-corrected chi connectivity index (χ1v) is 4.71. The van der Waals surface area contributed by atoms with Crippen molar-refractivity contribution in [2.45, 2.75) is 12.6 Å². The molecule has 3 amide bonds. The molecule has 0 aromatic heterocycles. The summed E-state index contributed by atoms with van der Waals surface area (Å²) in [6.45, 7) is -2.23. The smallest absolute Gasteiger partial charge is 0.390 e. The number of aliphatic carboxylic acids is 1. The third-order valence-electron chi connectivity index (χ3n) is 1.64. The molecule has 4 N–H and O–H groups in total. The zero-order valence-electron chi connectivity index (χ0n) is 9.16. The van der Waals surface area contributed by atoms with Gasteiger partial charge in [-0.1, -0.05) is 0 Å². The summed E-state index contributed by atoms with van der Waals surface area (Å²) in [6.07, 6.45) is -5.69. The predicted octanol–water partition coefficient (Wildman–Crippen LogP) is -0.480. The largest absolute Gasteiger partial charge is 0.480 e. The molecule has 0 aromatic carbocycles. The Bertz CT molecular complexity index is 316. The Balaban J connectivity index is 4.29. The fourth-order valence-electron chi connectivity index (χ4n) is 0.974. The number of alkyl halides is 3. The molecule has 0 unspecified atom stereocenters.